The van der Waals surface area contributed by atoms with Crippen LogP contribution >= 0.6 is 23.2 Å². The number of hydrogen-bond donors (Lipinski definition) is 2. The summed E-state index contributed by atoms with van der Waals surface area (Å²) in [4.78, 5) is 23.7. The predicted molar refractivity (Wildman–Crippen MR) is 110 cm³/mol. The molecule has 0 spiro atoms. The maximum absolute atomic E-state index is 11.6. The second-order valence-corrected chi connectivity index (χ2v) is 7.12. The van der Waals surface area contributed by atoms with Crippen molar-refractivity contribution in [1.82, 2.24) is 24.8 Å². The van der Waals surface area contributed by atoms with Crippen LogP contribution in [0.3, 0.4) is 0 Å². The molecule has 0 fully saturated rings. The zero-order valence-electron chi connectivity index (χ0n) is 15.8. The van der Waals surface area contributed by atoms with Gasteiger partial charge in [-0.15, -0.1) is 0 Å². The van der Waals surface area contributed by atoms with Gasteiger partial charge in [-0.1, -0.05) is 23.7 Å². The molecule has 3 rings (SSSR count). The highest BCUT2D eigenvalue weighted by Crippen LogP contribution is 2.26. The molecule has 0 bridgehead atoms. The standard InChI is InChI=1S/C19H19Cl2N5O3/c1-11(22-7-12-4-3-5-13(6-12)29-2)9-26-10-15(24-17(26)18(27)28)16-14(20)8-23-19(21)25-16/h3-6,8,10-11,22H,7,9H2,1-2H3,(H,27,28). The lowest BCUT2D eigenvalue weighted by Gasteiger charge is -2.15. The number of hydrogen-bond acceptors (Lipinski definition) is 6. The van der Waals surface area contributed by atoms with Crippen molar-refractivity contribution in [3.05, 3.63) is 58.4 Å². The Balaban J connectivity index is 1.76. The summed E-state index contributed by atoms with van der Waals surface area (Å²) >= 11 is 11.9. The topological polar surface area (TPSA) is 102 Å². The van der Waals surface area contributed by atoms with Crippen LogP contribution in [-0.2, 0) is 13.1 Å². The van der Waals surface area contributed by atoms with Gasteiger partial charge in [0.2, 0.25) is 11.1 Å². The van der Waals surface area contributed by atoms with E-state index in [0.29, 0.717) is 18.8 Å². The second kappa shape index (κ2) is 9.21. The van der Waals surface area contributed by atoms with E-state index >= 15 is 0 Å². The van der Waals surface area contributed by atoms with Crippen LogP contribution in [0.1, 0.15) is 23.1 Å². The maximum atomic E-state index is 11.6. The number of ether oxygens (including phenoxy) is 1. The van der Waals surface area contributed by atoms with Crippen LogP contribution in [0.25, 0.3) is 11.4 Å². The summed E-state index contributed by atoms with van der Waals surface area (Å²) in [5.74, 6) is -0.474. The monoisotopic (exact) mass is 435 g/mol. The predicted octanol–water partition coefficient (Wildman–Crippen LogP) is 3.53. The highest BCUT2D eigenvalue weighted by atomic mass is 35.5. The number of methoxy groups -OCH3 is 1. The maximum Gasteiger partial charge on any atom is 0.372 e. The van der Waals surface area contributed by atoms with E-state index in [-0.39, 0.29) is 27.9 Å². The Bertz CT molecular complexity index is 1020. The number of nitrogens with one attached hydrogen (secondary N) is 1. The number of carbonyl (C=O) groups is 1. The molecule has 0 radical (unpaired) electrons. The first kappa shape index (κ1) is 21.0. The van der Waals surface area contributed by atoms with Gasteiger partial charge in [-0.3, -0.25) is 0 Å². The zero-order chi connectivity index (χ0) is 21.0. The SMILES string of the molecule is COc1cccc(CNC(C)Cn2cc(-c3nc(Cl)ncc3Cl)nc2C(=O)O)c1. The Labute approximate surface area is 177 Å². The summed E-state index contributed by atoms with van der Waals surface area (Å²) in [5, 5.41) is 13.1. The third-order valence-electron chi connectivity index (χ3n) is 4.18. The van der Waals surface area contributed by atoms with Crippen LogP contribution in [0.4, 0.5) is 0 Å². The molecule has 0 aliphatic carbocycles. The van der Waals surface area contributed by atoms with Gasteiger partial charge in [0.15, 0.2) is 0 Å². The Hall–Kier alpha value is -2.68. The van der Waals surface area contributed by atoms with Gasteiger partial charge in [0.1, 0.15) is 17.1 Å². The molecule has 10 heteroatoms. The molecule has 29 heavy (non-hydrogen) atoms. The minimum atomic E-state index is -1.15. The van der Waals surface area contributed by atoms with Crippen molar-refractivity contribution >= 4 is 29.2 Å². The molecule has 1 atom stereocenters. The van der Waals surface area contributed by atoms with E-state index in [0.717, 1.165) is 11.3 Å². The molecule has 0 aliphatic rings. The fourth-order valence-corrected chi connectivity index (χ4v) is 3.12. The van der Waals surface area contributed by atoms with Gasteiger partial charge in [0, 0.05) is 25.3 Å². The second-order valence-electron chi connectivity index (χ2n) is 6.38. The lowest BCUT2D eigenvalue weighted by molar-refractivity contribution is 0.0677. The summed E-state index contributed by atoms with van der Waals surface area (Å²) in [6.07, 6.45) is 2.95. The number of aromatic carboxylic acids is 1. The third-order valence-corrected chi connectivity index (χ3v) is 4.64. The van der Waals surface area contributed by atoms with E-state index in [1.807, 2.05) is 31.2 Å². The van der Waals surface area contributed by atoms with E-state index in [2.05, 4.69) is 20.3 Å². The summed E-state index contributed by atoms with van der Waals surface area (Å²) < 4.78 is 6.78. The van der Waals surface area contributed by atoms with Crippen molar-refractivity contribution in [3.8, 4) is 17.1 Å². The van der Waals surface area contributed by atoms with Crippen LogP contribution in [0.15, 0.2) is 36.7 Å². The number of benzene rings is 1. The average molecular weight is 436 g/mol. The summed E-state index contributed by atoms with van der Waals surface area (Å²) in [5.41, 5.74) is 1.66. The molecule has 1 unspecified atom stereocenters. The molecule has 0 saturated heterocycles. The Morgan fingerprint density at radius 1 is 1.34 bits per heavy atom. The van der Waals surface area contributed by atoms with Gasteiger partial charge in [-0.2, -0.15) is 0 Å². The van der Waals surface area contributed by atoms with E-state index < -0.39 is 5.97 Å². The number of rotatable bonds is 8. The fraction of sp³-hybridized carbons (Fsp3) is 0.263. The van der Waals surface area contributed by atoms with Crippen LogP contribution in [0, 0.1) is 0 Å². The molecule has 8 nitrogen and oxygen atoms in total. The molecule has 3 aromatic rings. The Morgan fingerprint density at radius 2 is 2.14 bits per heavy atom. The zero-order valence-corrected chi connectivity index (χ0v) is 17.3. The minimum Gasteiger partial charge on any atom is -0.497 e. The van der Waals surface area contributed by atoms with Crippen molar-refractivity contribution in [2.45, 2.75) is 26.1 Å². The number of aromatic nitrogens is 4. The lowest BCUT2D eigenvalue weighted by Crippen LogP contribution is -2.30. The van der Waals surface area contributed by atoms with Crippen LogP contribution in [-0.4, -0.2) is 43.7 Å². The number of carboxylic acid groups (broad SMARTS) is 1. The van der Waals surface area contributed by atoms with Gasteiger partial charge in [0.05, 0.1) is 18.3 Å². The number of carboxylic acids is 1. The molecule has 152 valence electrons. The quantitative estimate of drug-likeness (QED) is 0.521. The molecule has 2 heterocycles. The molecule has 2 N–H and O–H groups in total. The van der Waals surface area contributed by atoms with Crippen LogP contribution in [0.2, 0.25) is 10.3 Å². The summed E-state index contributed by atoms with van der Waals surface area (Å²) in [7, 11) is 1.62. The Morgan fingerprint density at radius 3 is 2.86 bits per heavy atom. The van der Waals surface area contributed by atoms with Crippen molar-refractivity contribution in [2.75, 3.05) is 7.11 Å². The smallest absolute Gasteiger partial charge is 0.372 e. The summed E-state index contributed by atoms with van der Waals surface area (Å²) in [6.45, 7) is 2.95. The summed E-state index contributed by atoms with van der Waals surface area (Å²) in [6, 6.07) is 7.69. The number of halogens is 2. The van der Waals surface area contributed by atoms with Crippen LogP contribution in [0.5, 0.6) is 5.75 Å². The first-order chi connectivity index (χ1) is 13.9. The molecular weight excluding hydrogens is 417 g/mol. The molecule has 1 aromatic carbocycles. The third kappa shape index (κ3) is 5.23. The van der Waals surface area contributed by atoms with E-state index in [4.69, 9.17) is 27.9 Å². The lowest BCUT2D eigenvalue weighted by atomic mass is 10.2. The normalized spacial score (nSPS) is 12.0. The van der Waals surface area contributed by atoms with Gasteiger partial charge in [-0.05, 0) is 36.2 Å². The first-order valence-corrected chi connectivity index (χ1v) is 9.48. The van der Waals surface area contributed by atoms with Gasteiger partial charge in [0.25, 0.3) is 0 Å². The molecule has 0 aliphatic heterocycles. The molecular formula is C19H19Cl2N5O3. The van der Waals surface area contributed by atoms with Crippen molar-refractivity contribution < 1.29 is 14.6 Å². The first-order valence-electron chi connectivity index (χ1n) is 8.72. The number of imidazole rings is 1. The average Bonchev–Trinajstić information content (AvgIpc) is 3.12. The number of nitrogens with zero attached hydrogens (tertiary/aromatic N) is 4. The van der Waals surface area contributed by atoms with Gasteiger partial charge < -0.3 is 19.7 Å². The van der Waals surface area contributed by atoms with Gasteiger partial charge in [-0.25, -0.2) is 19.7 Å². The fourth-order valence-electron chi connectivity index (χ4n) is 2.80. The van der Waals surface area contributed by atoms with E-state index in [1.165, 1.54) is 6.20 Å². The molecule has 0 amide bonds. The highest BCUT2D eigenvalue weighted by Gasteiger charge is 2.20. The van der Waals surface area contributed by atoms with Crippen molar-refractivity contribution in [2.24, 2.45) is 0 Å². The highest BCUT2D eigenvalue weighted by molar-refractivity contribution is 6.33. The van der Waals surface area contributed by atoms with E-state index in [9.17, 15) is 9.90 Å². The van der Waals surface area contributed by atoms with Crippen molar-refractivity contribution in [1.29, 1.82) is 0 Å². The van der Waals surface area contributed by atoms with Crippen molar-refractivity contribution in [3.63, 3.8) is 0 Å². The minimum absolute atomic E-state index is 0.00384. The van der Waals surface area contributed by atoms with Gasteiger partial charge >= 0.3 is 5.97 Å². The van der Waals surface area contributed by atoms with Crippen LogP contribution < -0.4 is 10.1 Å². The Kier molecular flexibility index (Phi) is 6.68. The van der Waals surface area contributed by atoms with E-state index in [1.54, 1.807) is 17.9 Å². The largest absolute Gasteiger partial charge is 0.497 e. The molecule has 2 aromatic heterocycles. The molecule has 0 saturated carbocycles.